The Morgan fingerprint density at radius 2 is 1.77 bits per heavy atom. The van der Waals surface area contributed by atoms with E-state index in [0.29, 0.717) is 24.8 Å². The summed E-state index contributed by atoms with van der Waals surface area (Å²) in [6, 6.07) is 7.33. The third-order valence-corrected chi connectivity index (χ3v) is 4.52. The van der Waals surface area contributed by atoms with Gasteiger partial charge in [-0.15, -0.1) is 0 Å². The molecule has 1 aromatic rings. The van der Waals surface area contributed by atoms with E-state index in [1.54, 1.807) is 4.90 Å². The van der Waals surface area contributed by atoms with Crippen LogP contribution in [0.4, 0.5) is 0 Å². The second-order valence-electron chi connectivity index (χ2n) is 8.05. The fraction of sp³-hybridized carbons (Fsp3) is 0.545. The van der Waals surface area contributed by atoms with Crippen molar-refractivity contribution in [2.45, 2.75) is 59.5 Å². The van der Waals surface area contributed by atoms with Crippen molar-refractivity contribution in [2.75, 3.05) is 6.54 Å². The smallest absolute Gasteiger partial charge is 0.299 e. The fourth-order valence-electron chi connectivity index (χ4n) is 3.29. The van der Waals surface area contributed by atoms with Gasteiger partial charge in [-0.25, -0.2) is 0 Å². The number of rotatable bonds is 4. The lowest BCUT2D eigenvalue weighted by Gasteiger charge is -2.39. The van der Waals surface area contributed by atoms with Crippen LogP contribution in [0.2, 0.25) is 0 Å². The molecule has 0 radical (unpaired) electrons. The van der Waals surface area contributed by atoms with E-state index in [4.69, 9.17) is 0 Å². The van der Waals surface area contributed by atoms with Crippen LogP contribution in [0.25, 0.3) is 0 Å². The van der Waals surface area contributed by atoms with Gasteiger partial charge < -0.3 is 10.2 Å². The second-order valence-corrected chi connectivity index (χ2v) is 8.05. The first-order valence-corrected chi connectivity index (χ1v) is 9.46. The summed E-state index contributed by atoms with van der Waals surface area (Å²) >= 11 is 0. The molecule has 1 fully saturated rings. The van der Waals surface area contributed by atoms with Gasteiger partial charge in [-0.1, -0.05) is 51.3 Å². The molecular weight excluding hydrogens is 324 g/mol. The lowest BCUT2D eigenvalue weighted by atomic mass is 9.95. The van der Waals surface area contributed by atoms with Crippen LogP contribution in [0.5, 0.6) is 0 Å². The maximum absolute atomic E-state index is 12.8. The van der Waals surface area contributed by atoms with E-state index in [9.17, 15) is 9.59 Å². The molecule has 26 heavy (non-hydrogen) atoms. The molecule has 1 aliphatic rings. The molecule has 4 heteroatoms. The zero-order chi connectivity index (χ0) is 19.3. The highest BCUT2D eigenvalue weighted by atomic mass is 16.2. The van der Waals surface area contributed by atoms with Crippen LogP contribution < -0.4 is 5.32 Å². The fourth-order valence-corrected chi connectivity index (χ4v) is 3.29. The van der Waals surface area contributed by atoms with E-state index >= 15 is 0 Å². The van der Waals surface area contributed by atoms with Gasteiger partial charge in [0.15, 0.2) is 0 Å². The lowest BCUT2D eigenvalue weighted by Crippen LogP contribution is -2.61. The van der Waals surface area contributed by atoms with Gasteiger partial charge in [-0.2, -0.15) is 0 Å². The molecule has 0 aromatic heterocycles. The molecule has 2 rings (SSSR count). The number of benzene rings is 1. The molecule has 2 atom stereocenters. The average molecular weight is 354 g/mol. The van der Waals surface area contributed by atoms with Crippen LogP contribution in [0.3, 0.4) is 0 Å². The number of amides is 2. The number of carbonyl (C=O) groups excluding carboxylic acids is 2. The van der Waals surface area contributed by atoms with Crippen LogP contribution in [0.15, 0.2) is 24.3 Å². The highest BCUT2D eigenvalue weighted by Gasteiger charge is 2.37. The number of piperazine rings is 1. The molecule has 2 amide bonds. The Kier molecular flexibility index (Phi) is 6.85. The van der Waals surface area contributed by atoms with Gasteiger partial charge in [0.25, 0.3) is 5.91 Å². The average Bonchev–Trinajstić information content (AvgIpc) is 2.55. The summed E-state index contributed by atoms with van der Waals surface area (Å²) in [7, 11) is 0. The topological polar surface area (TPSA) is 49.4 Å². The first kappa shape index (κ1) is 20.0. The number of nitrogens with one attached hydrogen (secondary N) is 1. The normalized spacial score (nSPS) is 20.0. The number of hydrogen-bond acceptors (Lipinski definition) is 2. The van der Waals surface area contributed by atoms with Gasteiger partial charge in [0.05, 0.1) is 0 Å². The van der Waals surface area contributed by atoms with Crippen molar-refractivity contribution in [2.24, 2.45) is 11.8 Å². The van der Waals surface area contributed by atoms with Crippen LogP contribution in [-0.2, 0) is 9.59 Å². The summed E-state index contributed by atoms with van der Waals surface area (Å²) in [6.07, 6.45) is 1.51. The Balaban J connectivity index is 2.20. The third kappa shape index (κ3) is 5.62. The minimum absolute atomic E-state index is 0.00367. The first-order valence-electron chi connectivity index (χ1n) is 9.46. The largest absolute Gasteiger partial charge is 0.350 e. The first-order chi connectivity index (χ1) is 12.3. The van der Waals surface area contributed by atoms with Gasteiger partial charge in [-0.3, -0.25) is 9.59 Å². The molecule has 0 aliphatic carbocycles. The van der Waals surface area contributed by atoms with Gasteiger partial charge in [0.2, 0.25) is 5.91 Å². The predicted octanol–water partition coefficient (Wildman–Crippen LogP) is 3.13. The standard InChI is InChI=1S/C22H30N2O2/c1-15(2)12-19-14-24(20(13-16(3)4)22(26)23-19)21(25)11-10-18-8-6-17(5)7-9-18/h6-9,15-16,19-20H,12-14H2,1-5H3,(H,23,26). The van der Waals surface area contributed by atoms with Crippen LogP contribution in [0.1, 0.15) is 51.7 Å². The minimum atomic E-state index is -0.432. The van der Waals surface area contributed by atoms with E-state index in [1.807, 2.05) is 31.2 Å². The van der Waals surface area contributed by atoms with Gasteiger partial charge in [0.1, 0.15) is 6.04 Å². The van der Waals surface area contributed by atoms with E-state index in [-0.39, 0.29) is 17.9 Å². The molecule has 140 valence electrons. The van der Waals surface area contributed by atoms with E-state index in [0.717, 1.165) is 17.5 Å². The van der Waals surface area contributed by atoms with Crippen molar-refractivity contribution >= 4 is 11.8 Å². The zero-order valence-electron chi connectivity index (χ0n) is 16.5. The molecule has 1 aliphatic heterocycles. The van der Waals surface area contributed by atoms with Crippen molar-refractivity contribution in [3.63, 3.8) is 0 Å². The van der Waals surface area contributed by atoms with E-state index in [2.05, 4.69) is 44.9 Å². The maximum atomic E-state index is 12.8. The summed E-state index contributed by atoms with van der Waals surface area (Å²) in [4.78, 5) is 27.0. The van der Waals surface area contributed by atoms with Gasteiger partial charge in [0, 0.05) is 24.1 Å². The van der Waals surface area contributed by atoms with Gasteiger partial charge >= 0.3 is 0 Å². The van der Waals surface area contributed by atoms with Crippen LogP contribution in [-0.4, -0.2) is 35.3 Å². The molecule has 1 heterocycles. The second kappa shape index (κ2) is 8.89. The number of hydrogen-bond donors (Lipinski definition) is 1. The van der Waals surface area contributed by atoms with Crippen molar-refractivity contribution in [3.8, 4) is 11.8 Å². The SMILES string of the molecule is Cc1ccc(C#CC(=O)N2CC(CC(C)C)NC(=O)C2CC(C)C)cc1. The van der Waals surface area contributed by atoms with E-state index in [1.165, 1.54) is 0 Å². The Morgan fingerprint density at radius 3 is 2.35 bits per heavy atom. The Labute approximate surface area is 157 Å². The van der Waals surface area contributed by atoms with Crippen molar-refractivity contribution in [3.05, 3.63) is 35.4 Å². The number of carbonyl (C=O) groups is 2. The molecule has 4 nitrogen and oxygen atoms in total. The summed E-state index contributed by atoms with van der Waals surface area (Å²) in [5, 5.41) is 3.09. The Morgan fingerprint density at radius 1 is 1.15 bits per heavy atom. The Hall–Kier alpha value is -2.28. The molecule has 1 N–H and O–H groups in total. The zero-order valence-corrected chi connectivity index (χ0v) is 16.5. The third-order valence-electron chi connectivity index (χ3n) is 4.52. The summed E-state index contributed by atoms with van der Waals surface area (Å²) in [5.74, 6) is 6.15. The maximum Gasteiger partial charge on any atom is 0.299 e. The molecule has 1 saturated heterocycles. The molecule has 1 aromatic carbocycles. The molecule has 2 unspecified atom stereocenters. The lowest BCUT2D eigenvalue weighted by molar-refractivity contribution is -0.142. The molecular formula is C22H30N2O2. The molecule has 0 spiro atoms. The summed E-state index contributed by atoms with van der Waals surface area (Å²) in [6.45, 7) is 10.9. The monoisotopic (exact) mass is 354 g/mol. The van der Waals surface area contributed by atoms with Gasteiger partial charge in [-0.05, 0) is 43.7 Å². The van der Waals surface area contributed by atoms with Crippen LogP contribution in [0, 0.1) is 30.6 Å². The summed E-state index contributed by atoms with van der Waals surface area (Å²) in [5.41, 5.74) is 1.97. The van der Waals surface area contributed by atoms with Crippen molar-refractivity contribution < 1.29 is 9.59 Å². The number of nitrogens with zero attached hydrogens (tertiary/aromatic N) is 1. The molecule has 0 saturated carbocycles. The summed E-state index contributed by atoms with van der Waals surface area (Å²) < 4.78 is 0. The predicted molar refractivity (Wildman–Crippen MR) is 104 cm³/mol. The Bertz CT molecular complexity index is 695. The number of aryl methyl sites for hydroxylation is 1. The van der Waals surface area contributed by atoms with Crippen molar-refractivity contribution in [1.82, 2.24) is 10.2 Å². The highest BCUT2D eigenvalue weighted by Crippen LogP contribution is 2.19. The highest BCUT2D eigenvalue weighted by molar-refractivity contribution is 5.98. The van der Waals surface area contributed by atoms with E-state index < -0.39 is 6.04 Å². The van der Waals surface area contributed by atoms with Crippen molar-refractivity contribution in [1.29, 1.82) is 0 Å². The molecule has 0 bridgehead atoms. The van der Waals surface area contributed by atoms with Crippen LogP contribution >= 0.6 is 0 Å². The quantitative estimate of drug-likeness (QED) is 0.845. The minimum Gasteiger partial charge on any atom is -0.350 e.